The van der Waals surface area contributed by atoms with E-state index in [0.717, 1.165) is 17.2 Å². The van der Waals surface area contributed by atoms with Gasteiger partial charge in [-0.3, -0.25) is 0 Å². The van der Waals surface area contributed by atoms with Crippen molar-refractivity contribution in [2.75, 3.05) is 19.5 Å². The minimum absolute atomic E-state index is 0.108. The molecule has 0 bridgehead atoms. The molecule has 1 aromatic rings. The van der Waals surface area contributed by atoms with Crippen LogP contribution in [0.1, 0.15) is 20.8 Å². The molecule has 17 heavy (non-hydrogen) atoms. The van der Waals surface area contributed by atoms with Gasteiger partial charge in [-0.05, 0) is 32.9 Å². The van der Waals surface area contributed by atoms with E-state index < -0.39 is 5.60 Å². The number of aliphatic hydroxyl groups is 1. The van der Waals surface area contributed by atoms with E-state index in [1.54, 1.807) is 28.1 Å². The third kappa shape index (κ3) is 3.53. The molecule has 0 aliphatic rings. The van der Waals surface area contributed by atoms with Gasteiger partial charge in [0.25, 0.3) is 0 Å². The highest BCUT2D eigenvalue weighted by Gasteiger charge is 2.23. The topological polar surface area (TPSA) is 50.7 Å². The SMILES string of the molecule is COc1ccc(OC)c(NC(C)C(C)(C)O)c1. The van der Waals surface area contributed by atoms with E-state index >= 15 is 0 Å². The summed E-state index contributed by atoms with van der Waals surface area (Å²) in [4.78, 5) is 0. The Morgan fingerprint density at radius 3 is 2.35 bits per heavy atom. The number of methoxy groups -OCH3 is 2. The molecule has 0 saturated carbocycles. The largest absolute Gasteiger partial charge is 0.497 e. The van der Waals surface area contributed by atoms with Gasteiger partial charge in [-0.25, -0.2) is 0 Å². The highest BCUT2D eigenvalue weighted by atomic mass is 16.5. The van der Waals surface area contributed by atoms with Crippen LogP contribution in [0.5, 0.6) is 11.5 Å². The fourth-order valence-corrected chi connectivity index (χ4v) is 1.34. The molecule has 0 saturated heterocycles. The Kier molecular flexibility index (Phi) is 4.23. The Morgan fingerprint density at radius 2 is 1.88 bits per heavy atom. The zero-order valence-electron chi connectivity index (χ0n) is 11.1. The quantitative estimate of drug-likeness (QED) is 0.827. The predicted molar refractivity (Wildman–Crippen MR) is 68.9 cm³/mol. The number of rotatable bonds is 5. The zero-order valence-corrected chi connectivity index (χ0v) is 11.1. The highest BCUT2D eigenvalue weighted by molar-refractivity contribution is 5.60. The summed E-state index contributed by atoms with van der Waals surface area (Å²) >= 11 is 0. The van der Waals surface area contributed by atoms with Crippen LogP contribution in [0.4, 0.5) is 5.69 Å². The average molecular weight is 239 g/mol. The number of benzene rings is 1. The first-order valence-electron chi connectivity index (χ1n) is 5.59. The molecule has 0 radical (unpaired) electrons. The summed E-state index contributed by atoms with van der Waals surface area (Å²) in [5.74, 6) is 1.47. The molecule has 0 aromatic heterocycles. The molecule has 0 amide bonds. The summed E-state index contributed by atoms with van der Waals surface area (Å²) in [7, 11) is 3.23. The van der Waals surface area contributed by atoms with Crippen molar-refractivity contribution in [2.24, 2.45) is 0 Å². The van der Waals surface area contributed by atoms with Gasteiger partial charge < -0.3 is 19.9 Å². The van der Waals surface area contributed by atoms with E-state index in [2.05, 4.69) is 5.32 Å². The summed E-state index contributed by atoms with van der Waals surface area (Å²) in [6.07, 6.45) is 0. The molecule has 96 valence electrons. The van der Waals surface area contributed by atoms with Crippen LogP contribution in [0.15, 0.2) is 18.2 Å². The summed E-state index contributed by atoms with van der Waals surface area (Å²) in [6, 6.07) is 5.40. The van der Waals surface area contributed by atoms with Gasteiger partial charge in [0.15, 0.2) is 0 Å². The first-order chi connectivity index (χ1) is 7.88. The van der Waals surface area contributed by atoms with Crippen LogP contribution in [0.3, 0.4) is 0 Å². The standard InChI is InChI=1S/C13H21NO3/c1-9(13(2,3)15)14-11-8-10(16-4)6-7-12(11)17-5/h6-9,14-15H,1-5H3. The Hall–Kier alpha value is -1.42. The summed E-state index contributed by atoms with van der Waals surface area (Å²) in [5.41, 5.74) is -0.00450. The second kappa shape index (κ2) is 5.27. The van der Waals surface area contributed by atoms with Crippen LogP contribution < -0.4 is 14.8 Å². The van der Waals surface area contributed by atoms with Gasteiger partial charge in [0.05, 0.1) is 31.5 Å². The molecule has 1 aromatic carbocycles. The lowest BCUT2D eigenvalue weighted by atomic mass is 10.0. The minimum atomic E-state index is -0.811. The van der Waals surface area contributed by atoms with Gasteiger partial charge in [-0.1, -0.05) is 0 Å². The van der Waals surface area contributed by atoms with Gasteiger partial charge in [0.1, 0.15) is 11.5 Å². The van der Waals surface area contributed by atoms with Crippen molar-refractivity contribution in [3.63, 3.8) is 0 Å². The monoisotopic (exact) mass is 239 g/mol. The van der Waals surface area contributed by atoms with Crippen molar-refractivity contribution in [3.05, 3.63) is 18.2 Å². The number of nitrogens with one attached hydrogen (secondary N) is 1. The molecule has 0 aliphatic carbocycles. The summed E-state index contributed by atoms with van der Waals surface area (Å²) < 4.78 is 10.4. The van der Waals surface area contributed by atoms with Crippen molar-refractivity contribution in [3.8, 4) is 11.5 Å². The molecule has 4 nitrogen and oxygen atoms in total. The van der Waals surface area contributed by atoms with Crippen molar-refractivity contribution in [1.29, 1.82) is 0 Å². The number of ether oxygens (including phenoxy) is 2. The Labute approximate surface area is 103 Å². The van der Waals surface area contributed by atoms with Gasteiger partial charge in [0, 0.05) is 6.07 Å². The lowest BCUT2D eigenvalue weighted by Gasteiger charge is -2.28. The third-order valence-electron chi connectivity index (χ3n) is 2.84. The predicted octanol–water partition coefficient (Wildman–Crippen LogP) is 2.28. The van der Waals surface area contributed by atoms with Crippen LogP contribution in [-0.2, 0) is 0 Å². The van der Waals surface area contributed by atoms with Gasteiger partial charge in [0.2, 0.25) is 0 Å². The van der Waals surface area contributed by atoms with E-state index in [9.17, 15) is 5.11 Å². The second-order valence-corrected chi connectivity index (χ2v) is 4.59. The van der Waals surface area contributed by atoms with Gasteiger partial charge >= 0.3 is 0 Å². The molecule has 4 heteroatoms. The van der Waals surface area contributed by atoms with Gasteiger partial charge in [-0.15, -0.1) is 0 Å². The van der Waals surface area contributed by atoms with E-state index in [-0.39, 0.29) is 6.04 Å². The molecule has 1 rings (SSSR count). The average Bonchev–Trinajstić information content (AvgIpc) is 2.27. The maximum atomic E-state index is 9.90. The second-order valence-electron chi connectivity index (χ2n) is 4.59. The van der Waals surface area contributed by atoms with Crippen LogP contribution >= 0.6 is 0 Å². The molecular formula is C13H21NO3. The summed E-state index contributed by atoms with van der Waals surface area (Å²) in [6.45, 7) is 5.44. The van der Waals surface area contributed by atoms with Crippen molar-refractivity contribution in [1.82, 2.24) is 0 Å². The molecule has 1 atom stereocenters. The van der Waals surface area contributed by atoms with E-state index in [1.807, 2.05) is 25.1 Å². The maximum Gasteiger partial charge on any atom is 0.142 e. The lowest BCUT2D eigenvalue weighted by Crippen LogP contribution is -2.39. The van der Waals surface area contributed by atoms with Crippen molar-refractivity contribution < 1.29 is 14.6 Å². The highest BCUT2D eigenvalue weighted by Crippen LogP contribution is 2.30. The van der Waals surface area contributed by atoms with E-state index in [4.69, 9.17) is 9.47 Å². The molecular weight excluding hydrogens is 218 g/mol. The fraction of sp³-hybridized carbons (Fsp3) is 0.538. The Balaban J connectivity index is 2.95. The number of hydrogen-bond acceptors (Lipinski definition) is 4. The van der Waals surface area contributed by atoms with E-state index in [1.165, 1.54) is 0 Å². The third-order valence-corrected chi connectivity index (χ3v) is 2.84. The molecule has 0 fully saturated rings. The van der Waals surface area contributed by atoms with Crippen LogP contribution in [0, 0.1) is 0 Å². The van der Waals surface area contributed by atoms with Crippen LogP contribution in [-0.4, -0.2) is 31.0 Å². The normalized spacial score (nSPS) is 13.1. The molecule has 0 heterocycles. The molecule has 0 spiro atoms. The lowest BCUT2D eigenvalue weighted by molar-refractivity contribution is 0.0648. The van der Waals surface area contributed by atoms with Crippen molar-refractivity contribution >= 4 is 5.69 Å². The zero-order chi connectivity index (χ0) is 13.1. The molecule has 1 unspecified atom stereocenters. The minimum Gasteiger partial charge on any atom is -0.497 e. The summed E-state index contributed by atoms with van der Waals surface area (Å²) in [5, 5.41) is 13.1. The van der Waals surface area contributed by atoms with Crippen LogP contribution in [0.25, 0.3) is 0 Å². The fourth-order valence-electron chi connectivity index (χ4n) is 1.34. The molecule has 2 N–H and O–H groups in total. The number of hydrogen-bond donors (Lipinski definition) is 2. The van der Waals surface area contributed by atoms with Gasteiger partial charge in [-0.2, -0.15) is 0 Å². The Morgan fingerprint density at radius 1 is 1.24 bits per heavy atom. The van der Waals surface area contributed by atoms with Crippen molar-refractivity contribution in [2.45, 2.75) is 32.4 Å². The first-order valence-corrected chi connectivity index (χ1v) is 5.59. The Bertz CT molecular complexity index is 371. The van der Waals surface area contributed by atoms with Crippen LogP contribution in [0.2, 0.25) is 0 Å². The first kappa shape index (κ1) is 13.6. The maximum absolute atomic E-state index is 9.90. The number of anilines is 1. The molecule has 0 aliphatic heterocycles. The van der Waals surface area contributed by atoms with E-state index in [0.29, 0.717) is 0 Å². The smallest absolute Gasteiger partial charge is 0.142 e.